The Balaban J connectivity index is 1.71. The van der Waals surface area contributed by atoms with Crippen LogP contribution in [-0.4, -0.2) is 29.1 Å². The van der Waals surface area contributed by atoms with Gasteiger partial charge in [0.05, 0.1) is 5.69 Å². The van der Waals surface area contributed by atoms with Crippen molar-refractivity contribution in [3.63, 3.8) is 0 Å². The van der Waals surface area contributed by atoms with E-state index in [0.717, 1.165) is 35.6 Å². The normalized spacial score (nSPS) is 14.1. The van der Waals surface area contributed by atoms with E-state index in [0.29, 0.717) is 35.7 Å². The zero-order chi connectivity index (χ0) is 20.4. The number of halogens is 1. The molecule has 3 N–H and O–H groups in total. The molecule has 1 aromatic heterocycles. The Bertz CT molecular complexity index is 1040. The van der Waals surface area contributed by atoms with Crippen LogP contribution in [0, 0.1) is 12.7 Å². The second-order valence-electron chi connectivity index (χ2n) is 7.30. The summed E-state index contributed by atoms with van der Waals surface area (Å²) in [5, 5.41) is 1.50. The van der Waals surface area contributed by atoms with Gasteiger partial charge in [-0.15, -0.1) is 0 Å². The number of carbonyl (C=O) groups is 1. The number of carbonyl (C=O) groups excluding carboxylic acids is 1. The molecule has 1 aliphatic heterocycles. The van der Waals surface area contributed by atoms with E-state index in [1.807, 2.05) is 19.1 Å². The van der Waals surface area contributed by atoms with Crippen molar-refractivity contribution >= 4 is 28.4 Å². The highest BCUT2D eigenvalue weighted by Gasteiger charge is 2.19. The number of hydrogen-bond donors (Lipinski definition) is 2. The Hall–Kier alpha value is -3.35. The Morgan fingerprint density at radius 1 is 1.21 bits per heavy atom. The molecular weight excluding hydrogens is 371 g/mol. The number of benzene rings is 2. The highest BCUT2D eigenvalue weighted by molar-refractivity contribution is 5.98. The summed E-state index contributed by atoms with van der Waals surface area (Å²) in [4.78, 5) is 23.5. The van der Waals surface area contributed by atoms with Crippen molar-refractivity contribution in [1.82, 2.24) is 9.88 Å². The van der Waals surface area contributed by atoms with Crippen LogP contribution in [0.4, 0.5) is 20.7 Å². The minimum absolute atomic E-state index is 0.316. The third kappa shape index (κ3) is 3.94. The van der Waals surface area contributed by atoms with Crippen LogP contribution in [0.5, 0.6) is 0 Å². The molecule has 7 heteroatoms. The summed E-state index contributed by atoms with van der Waals surface area (Å²) in [6.45, 7) is 3.23. The molecule has 2 heterocycles. The van der Waals surface area contributed by atoms with Crippen LogP contribution in [-0.2, 0) is 4.84 Å². The number of anilines is 2. The molecule has 0 bridgehead atoms. The maximum absolute atomic E-state index is 14.5. The first kappa shape index (κ1) is 19.0. The molecule has 1 fully saturated rings. The molecule has 4 rings (SSSR count). The zero-order valence-electron chi connectivity index (χ0n) is 16.2. The molecule has 0 atom stereocenters. The Morgan fingerprint density at radius 2 is 2.00 bits per heavy atom. The van der Waals surface area contributed by atoms with Crippen LogP contribution in [0.15, 0.2) is 42.6 Å². The molecule has 0 saturated carbocycles. The third-order valence-corrected chi connectivity index (χ3v) is 5.23. The van der Waals surface area contributed by atoms with Gasteiger partial charge >= 0.3 is 6.09 Å². The van der Waals surface area contributed by atoms with Gasteiger partial charge in [0.2, 0.25) is 0 Å². The largest absolute Gasteiger partial charge is 0.434 e. The number of pyridine rings is 1. The van der Waals surface area contributed by atoms with Crippen LogP contribution >= 0.6 is 0 Å². The van der Waals surface area contributed by atoms with E-state index in [4.69, 9.17) is 10.6 Å². The number of aryl methyl sites for hydroxylation is 1. The second kappa shape index (κ2) is 7.95. The maximum Gasteiger partial charge on any atom is 0.434 e. The molecule has 1 saturated heterocycles. The Morgan fingerprint density at radius 3 is 2.76 bits per heavy atom. The van der Waals surface area contributed by atoms with Gasteiger partial charge in [0.25, 0.3) is 0 Å². The van der Waals surface area contributed by atoms with Gasteiger partial charge in [0.1, 0.15) is 11.6 Å². The average molecular weight is 394 g/mol. The number of hydrogen-bond acceptors (Lipinski definition) is 5. The summed E-state index contributed by atoms with van der Waals surface area (Å²) in [5.74, 6) is 0.0294. The first-order valence-corrected chi connectivity index (χ1v) is 9.69. The molecule has 0 radical (unpaired) electrons. The van der Waals surface area contributed by atoms with E-state index >= 15 is 0 Å². The number of nitrogens with one attached hydrogen (secondary N) is 1. The second-order valence-corrected chi connectivity index (χ2v) is 7.30. The quantitative estimate of drug-likeness (QED) is 0.619. The summed E-state index contributed by atoms with van der Waals surface area (Å²) in [6, 6.07) is 10.3. The van der Waals surface area contributed by atoms with Crippen LogP contribution in [0.3, 0.4) is 0 Å². The fourth-order valence-corrected chi connectivity index (χ4v) is 3.74. The Labute approximate surface area is 168 Å². The lowest BCUT2D eigenvalue weighted by Crippen LogP contribution is -2.37. The summed E-state index contributed by atoms with van der Waals surface area (Å²) < 4.78 is 14.5. The minimum Gasteiger partial charge on any atom is -0.384 e. The van der Waals surface area contributed by atoms with Crippen LogP contribution in [0.1, 0.15) is 24.8 Å². The van der Waals surface area contributed by atoms with E-state index in [-0.39, 0.29) is 5.82 Å². The fraction of sp³-hybridized carbons (Fsp3) is 0.273. The van der Waals surface area contributed by atoms with Gasteiger partial charge in [-0.25, -0.2) is 19.6 Å². The van der Waals surface area contributed by atoms with Crippen molar-refractivity contribution in [2.24, 2.45) is 0 Å². The number of nitrogens with zero attached hydrogens (tertiary/aromatic N) is 2. The van der Waals surface area contributed by atoms with E-state index in [2.05, 4.69) is 10.5 Å². The highest BCUT2D eigenvalue weighted by Crippen LogP contribution is 2.34. The third-order valence-electron chi connectivity index (χ3n) is 5.23. The zero-order valence-corrected chi connectivity index (χ0v) is 16.2. The maximum atomic E-state index is 14.5. The molecule has 0 unspecified atom stereocenters. The predicted molar refractivity (Wildman–Crippen MR) is 112 cm³/mol. The van der Waals surface area contributed by atoms with E-state index in [1.165, 1.54) is 6.07 Å². The van der Waals surface area contributed by atoms with Gasteiger partial charge < -0.3 is 15.5 Å². The summed E-state index contributed by atoms with van der Waals surface area (Å²) in [5.41, 5.74) is 11.1. The van der Waals surface area contributed by atoms with Gasteiger partial charge in [0.15, 0.2) is 0 Å². The molecule has 1 aliphatic rings. The highest BCUT2D eigenvalue weighted by atomic mass is 19.1. The molecule has 0 spiro atoms. The lowest BCUT2D eigenvalue weighted by molar-refractivity contribution is 0.114. The monoisotopic (exact) mass is 394 g/mol. The number of rotatable bonds is 3. The molecular formula is C22H23FN4O2. The minimum atomic E-state index is -0.424. The van der Waals surface area contributed by atoms with E-state index in [1.54, 1.807) is 29.3 Å². The van der Waals surface area contributed by atoms with Gasteiger partial charge in [-0.05, 0) is 61.6 Å². The molecule has 3 aromatic rings. The van der Waals surface area contributed by atoms with E-state index in [9.17, 15) is 9.18 Å². The van der Waals surface area contributed by atoms with Crippen molar-refractivity contribution in [3.8, 4) is 11.1 Å². The van der Waals surface area contributed by atoms with Crippen molar-refractivity contribution in [3.05, 3.63) is 54.0 Å². The van der Waals surface area contributed by atoms with Crippen molar-refractivity contribution in [2.75, 3.05) is 24.3 Å². The standard InChI is InChI=1S/C22H23FN4O2/c1-14-6-5-7-18(23)21(14)15-10-16-13-25-20(24)12-17(16)19(11-15)26-29-22(28)27-8-3-2-4-9-27/h5-7,10-13,26H,2-4,8-9H2,1H3,(H2,24,25). The van der Waals surface area contributed by atoms with E-state index < -0.39 is 6.09 Å². The molecule has 2 aromatic carbocycles. The predicted octanol–water partition coefficient (Wildman–Crippen LogP) is 4.88. The fourth-order valence-electron chi connectivity index (χ4n) is 3.74. The molecule has 0 aliphatic carbocycles. The van der Waals surface area contributed by atoms with Crippen molar-refractivity contribution < 1.29 is 14.0 Å². The first-order valence-electron chi connectivity index (χ1n) is 9.69. The lowest BCUT2D eigenvalue weighted by Gasteiger charge is -2.25. The SMILES string of the molecule is Cc1cccc(F)c1-c1cc(NOC(=O)N2CCCCC2)c2cc(N)ncc2c1. The Kier molecular flexibility index (Phi) is 5.20. The number of nitrogens with two attached hydrogens (primary N) is 1. The number of fused-ring (bicyclic) bond motifs is 1. The number of aromatic nitrogens is 1. The van der Waals surface area contributed by atoms with Gasteiger partial charge in [0, 0.05) is 35.6 Å². The summed E-state index contributed by atoms with van der Waals surface area (Å²) >= 11 is 0. The van der Waals surface area contributed by atoms with Crippen LogP contribution in [0.25, 0.3) is 21.9 Å². The summed E-state index contributed by atoms with van der Waals surface area (Å²) in [7, 11) is 0. The van der Waals surface area contributed by atoms with Crippen molar-refractivity contribution in [1.29, 1.82) is 0 Å². The molecule has 1 amide bonds. The van der Waals surface area contributed by atoms with Crippen LogP contribution in [0.2, 0.25) is 0 Å². The number of likely N-dealkylation sites (tertiary alicyclic amines) is 1. The topological polar surface area (TPSA) is 80.5 Å². The average Bonchev–Trinajstić information content (AvgIpc) is 2.72. The molecule has 150 valence electrons. The number of amides is 1. The number of piperidine rings is 1. The molecule has 29 heavy (non-hydrogen) atoms. The number of nitrogen functional groups attached to an aromatic ring is 1. The summed E-state index contributed by atoms with van der Waals surface area (Å²) in [6.07, 6.45) is 4.28. The van der Waals surface area contributed by atoms with Crippen molar-refractivity contribution in [2.45, 2.75) is 26.2 Å². The van der Waals surface area contributed by atoms with Gasteiger partial charge in [-0.1, -0.05) is 12.1 Å². The smallest absolute Gasteiger partial charge is 0.384 e. The lowest BCUT2D eigenvalue weighted by atomic mass is 9.97. The van der Waals surface area contributed by atoms with Gasteiger partial charge in [-0.3, -0.25) is 0 Å². The molecule has 6 nitrogen and oxygen atoms in total. The van der Waals surface area contributed by atoms with Crippen LogP contribution < -0.4 is 11.2 Å². The van der Waals surface area contributed by atoms with Gasteiger partial charge in [-0.2, -0.15) is 0 Å². The first-order chi connectivity index (χ1) is 14.0.